The number of benzene rings is 4. The summed E-state index contributed by atoms with van der Waals surface area (Å²) in [4.78, 5) is 37.0. The van der Waals surface area contributed by atoms with Gasteiger partial charge >= 0.3 is 68.2 Å². The van der Waals surface area contributed by atoms with Crippen molar-refractivity contribution in [1.29, 1.82) is 0 Å². The van der Waals surface area contributed by atoms with Gasteiger partial charge in [-0.3, -0.25) is 9.98 Å². The molecule has 0 spiro atoms. The van der Waals surface area contributed by atoms with E-state index in [9.17, 15) is 30.0 Å². The zero-order valence-corrected chi connectivity index (χ0v) is 30.0. The Bertz CT molecular complexity index is 1890. The number of H-pyrrole nitrogens is 2. The van der Waals surface area contributed by atoms with Crippen molar-refractivity contribution in [3.8, 4) is 11.5 Å². The number of nitrogens with one attached hydrogen (secondary N) is 2. The number of aliphatic carboxylic acids is 2. The molecular weight excluding hydrogens is 682 g/mol. The van der Waals surface area contributed by atoms with E-state index in [1.807, 2.05) is 48.5 Å². The van der Waals surface area contributed by atoms with E-state index in [1.165, 1.54) is 24.6 Å². The summed E-state index contributed by atoms with van der Waals surface area (Å²) >= 11 is 0. The summed E-state index contributed by atoms with van der Waals surface area (Å²) in [5.41, 5.74) is 4.29. The minimum Gasteiger partial charge on any atom is -0.872 e. The first-order chi connectivity index (χ1) is 22.3. The summed E-state index contributed by atoms with van der Waals surface area (Å²) in [5.74, 6) is -2.93. The molecule has 0 saturated heterocycles. The van der Waals surface area contributed by atoms with Crippen LogP contribution in [0.3, 0.4) is 0 Å². The van der Waals surface area contributed by atoms with Gasteiger partial charge in [-0.05, 0) is 34.4 Å². The molecule has 48 heavy (non-hydrogen) atoms. The molecule has 2 heterocycles. The molecule has 0 bridgehead atoms. The van der Waals surface area contributed by atoms with E-state index in [-0.39, 0.29) is 92.5 Å². The quantitative estimate of drug-likeness (QED) is 0.137. The first kappa shape index (κ1) is 38.4. The number of carboxylic acid groups (broad SMARTS) is 2. The number of carbonyl (C=O) groups is 2. The molecule has 0 fully saturated rings. The Morgan fingerprint density at radius 3 is 1.33 bits per heavy atom. The van der Waals surface area contributed by atoms with Crippen LogP contribution in [-0.2, 0) is 39.2 Å². The average Bonchev–Trinajstić information content (AvgIpc) is 3.66. The third kappa shape index (κ3) is 10.00. The van der Waals surface area contributed by atoms with Gasteiger partial charge in [0.15, 0.2) is 0 Å². The molecule has 6 rings (SSSR count). The molecule has 0 saturated carbocycles. The Labute approximate surface area is 329 Å². The van der Waals surface area contributed by atoms with Crippen LogP contribution in [0.5, 0.6) is 11.5 Å². The smallest absolute Gasteiger partial charge is 0.872 e. The predicted molar refractivity (Wildman–Crippen MR) is 169 cm³/mol. The molecule has 0 aliphatic carbocycles. The fourth-order valence-electron chi connectivity index (χ4n) is 4.93. The number of carbonyl (C=O) groups excluding carboxylic acids is 2. The van der Waals surface area contributed by atoms with Gasteiger partial charge < -0.3 is 40.0 Å². The van der Waals surface area contributed by atoms with Crippen LogP contribution >= 0.6 is 0 Å². The number of fused-ring (bicyclic) bond motifs is 2. The van der Waals surface area contributed by atoms with Crippen molar-refractivity contribution in [2.24, 2.45) is 9.98 Å². The van der Waals surface area contributed by atoms with Crippen molar-refractivity contribution >= 4 is 46.2 Å². The average molecular weight is 711 g/mol. The monoisotopic (exact) mass is 710 g/mol. The Morgan fingerprint density at radius 2 is 0.958 bits per heavy atom. The maximum atomic E-state index is 11.6. The maximum Gasteiger partial charge on any atom is 3.00 e. The summed E-state index contributed by atoms with van der Waals surface area (Å²) in [6.45, 7) is 0. The van der Waals surface area contributed by atoms with Crippen molar-refractivity contribution < 1.29 is 98.2 Å². The fraction of sp³-hybridized carbons (Fsp3) is 0.111. The van der Waals surface area contributed by atoms with E-state index in [0.29, 0.717) is 11.1 Å². The molecule has 4 aromatic carbocycles. The van der Waals surface area contributed by atoms with Gasteiger partial charge in [-0.1, -0.05) is 84.9 Å². The van der Waals surface area contributed by atoms with Crippen LogP contribution in [-0.4, -0.2) is 46.4 Å². The topological polar surface area (TPSA) is 183 Å². The molecular formula is C36H28CoKN4O6. The molecule has 6 aromatic rings. The van der Waals surface area contributed by atoms with Gasteiger partial charge in [0.05, 0.1) is 24.0 Å². The first-order valence-electron chi connectivity index (χ1n) is 14.4. The van der Waals surface area contributed by atoms with Gasteiger partial charge in [0.1, 0.15) is 0 Å². The summed E-state index contributed by atoms with van der Waals surface area (Å²) in [6, 6.07) is 25.9. The minimum atomic E-state index is -1.27. The number of aromatic nitrogens is 2. The van der Waals surface area contributed by atoms with Gasteiger partial charge in [0.25, 0.3) is 0 Å². The van der Waals surface area contributed by atoms with Crippen LogP contribution in [0.2, 0.25) is 0 Å². The van der Waals surface area contributed by atoms with Crippen molar-refractivity contribution in [2.45, 2.75) is 24.9 Å². The zero-order valence-electron chi connectivity index (χ0n) is 25.8. The van der Waals surface area contributed by atoms with E-state index in [1.54, 1.807) is 48.8 Å². The molecule has 0 radical (unpaired) electrons. The first-order valence-corrected chi connectivity index (χ1v) is 14.4. The molecule has 238 valence electrons. The van der Waals surface area contributed by atoms with Gasteiger partial charge in [-0.25, -0.2) is 0 Å². The van der Waals surface area contributed by atoms with Crippen molar-refractivity contribution in [3.05, 3.63) is 132 Å². The van der Waals surface area contributed by atoms with Crippen LogP contribution in [0.25, 0.3) is 21.8 Å². The molecule has 2 aromatic heterocycles. The Hall–Kier alpha value is -4.02. The molecule has 12 heteroatoms. The molecule has 0 aliphatic heterocycles. The Morgan fingerprint density at radius 1 is 0.604 bits per heavy atom. The predicted octanol–water partition coefficient (Wildman–Crippen LogP) is -0.955. The molecule has 0 aliphatic rings. The van der Waals surface area contributed by atoms with Gasteiger partial charge in [0, 0.05) is 59.5 Å². The standard InChI is InChI=1S/2C18H16N2O3.Co.K/c2*21-17-8-4-1-5-12(17)10-20-16(18(22)23)9-13-11-19-15-7-3-2-6-14(13)15;;/h2*1-8,10-11,16,19,21H,9H2,(H,22,23);;/q;;+3;+1/p-4/t2*16-;;/m00../s1. The van der Waals surface area contributed by atoms with Gasteiger partial charge in [-0.2, -0.15) is 0 Å². The number of hydrogen-bond donors (Lipinski definition) is 2. The van der Waals surface area contributed by atoms with E-state index in [2.05, 4.69) is 20.0 Å². The van der Waals surface area contributed by atoms with Crippen LogP contribution in [0.1, 0.15) is 22.3 Å². The number of hydrogen-bond acceptors (Lipinski definition) is 8. The number of aromatic amines is 2. The van der Waals surface area contributed by atoms with E-state index >= 15 is 0 Å². The second-order valence-electron chi connectivity index (χ2n) is 10.4. The third-order valence-electron chi connectivity index (χ3n) is 7.35. The van der Waals surface area contributed by atoms with Gasteiger partial charge in [0.2, 0.25) is 0 Å². The Kier molecular flexibility index (Phi) is 14.8. The molecule has 10 nitrogen and oxygen atoms in total. The fourth-order valence-corrected chi connectivity index (χ4v) is 4.93. The summed E-state index contributed by atoms with van der Waals surface area (Å²) < 4.78 is 0. The van der Waals surface area contributed by atoms with E-state index in [0.717, 1.165) is 32.9 Å². The molecule has 2 N–H and O–H groups in total. The van der Waals surface area contributed by atoms with E-state index < -0.39 is 24.0 Å². The largest absolute Gasteiger partial charge is 3.00 e. The SMILES string of the molecule is O=C([O-])[C@H](Cc1c[nH]c2ccccc12)N=Cc1ccccc1[O-].O=C([O-])[C@H](Cc1c[nH]c2ccccc12)N=Cc1ccccc1[O-].[Co+3].[K+]. The summed E-state index contributed by atoms with van der Waals surface area (Å²) in [7, 11) is 0. The second-order valence-corrected chi connectivity index (χ2v) is 10.4. The summed E-state index contributed by atoms with van der Waals surface area (Å²) in [5, 5.41) is 47.9. The number of rotatable bonds is 10. The van der Waals surface area contributed by atoms with Crippen LogP contribution in [0, 0.1) is 0 Å². The van der Waals surface area contributed by atoms with Crippen LogP contribution in [0.15, 0.2) is 119 Å². The van der Waals surface area contributed by atoms with Crippen LogP contribution < -0.4 is 71.8 Å². The molecule has 0 unspecified atom stereocenters. The van der Waals surface area contributed by atoms with Crippen molar-refractivity contribution in [3.63, 3.8) is 0 Å². The van der Waals surface area contributed by atoms with Crippen molar-refractivity contribution in [1.82, 2.24) is 9.97 Å². The normalized spacial score (nSPS) is 12.2. The number of nitrogens with zero attached hydrogens (tertiary/aromatic N) is 2. The second kappa shape index (κ2) is 18.5. The summed E-state index contributed by atoms with van der Waals surface area (Å²) in [6.07, 6.45) is 6.55. The molecule has 0 amide bonds. The number of aliphatic imine (C=N–C) groups is 2. The number of carboxylic acids is 2. The minimum absolute atomic E-state index is 0. The Balaban J connectivity index is 0.000000250. The van der Waals surface area contributed by atoms with Crippen molar-refractivity contribution in [2.75, 3.05) is 0 Å². The van der Waals surface area contributed by atoms with Gasteiger partial charge in [-0.15, -0.1) is 11.5 Å². The maximum absolute atomic E-state index is 11.6. The number of para-hydroxylation sites is 4. The third-order valence-corrected chi connectivity index (χ3v) is 7.35. The van der Waals surface area contributed by atoms with Crippen LogP contribution in [0.4, 0.5) is 0 Å². The van der Waals surface area contributed by atoms with E-state index in [4.69, 9.17) is 0 Å². The zero-order chi connectivity index (χ0) is 32.5. The molecule has 2 atom stereocenters.